The molecular weight excluding hydrogens is 362 g/mol. The highest BCUT2D eigenvalue weighted by atomic mass is 35.5. The molecule has 1 heterocycles. The molecule has 1 aliphatic rings. The van der Waals surface area contributed by atoms with Crippen LogP contribution < -0.4 is 15.4 Å². The summed E-state index contributed by atoms with van der Waals surface area (Å²) >= 11 is 7.34. The summed E-state index contributed by atoms with van der Waals surface area (Å²) in [7, 11) is 1.52. The van der Waals surface area contributed by atoms with E-state index in [0.29, 0.717) is 34.1 Å². The molecule has 1 aliphatic heterocycles. The fraction of sp³-hybridized carbons (Fsp3) is 0.471. The van der Waals surface area contributed by atoms with E-state index in [1.807, 2.05) is 0 Å². The van der Waals surface area contributed by atoms with Crippen molar-refractivity contribution in [1.82, 2.24) is 5.32 Å². The molecule has 1 aromatic carbocycles. The van der Waals surface area contributed by atoms with Gasteiger partial charge in [-0.15, -0.1) is 0 Å². The summed E-state index contributed by atoms with van der Waals surface area (Å²) in [5, 5.41) is 6.01. The number of nitrogens with zero attached hydrogens (tertiary/aromatic N) is 1. The summed E-state index contributed by atoms with van der Waals surface area (Å²) in [6.07, 6.45) is 1.03. The zero-order valence-electron chi connectivity index (χ0n) is 14.5. The highest BCUT2D eigenvalue weighted by Crippen LogP contribution is 2.28. The smallest absolute Gasteiger partial charge is 0.240 e. The number of amides is 2. The maximum Gasteiger partial charge on any atom is 0.240 e. The summed E-state index contributed by atoms with van der Waals surface area (Å²) in [6, 6.07) is 4.98. The second kappa shape index (κ2) is 9.10. The van der Waals surface area contributed by atoms with E-state index in [2.05, 4.69) is 29.5 Å². The monoisotopic (exact) mass is 383 g/mol. The minimum Gasteiger partial charge on any atom is -0.495 e. The standard InChI is InChI=1S/C17H22ClN3O3S/c1-10(2)6-7-19-17-21-16(23)14(25-17)9-15(22)20-11-4-5-13(24-3)12(18)8-11/h4-5,8,10,14H,6-7,9H2,1-3H3,(H,20,22)(H,19,21,23)/t14-/m1/s1. The van der Waals surface area contributed by atoms with Crippen molar-refractivity contribution >= 4 is 46.0 Å². The third-order valence-electron chi connectivity index (χ3n) is 3.54. The van der Waals surface area contributed by atoms with E-state index in [1.54, 1.807) is 18.2 Å². The Morgan fingerprint density at radius 3 is 2.88 bits per heavy atom. The van der Waals surface area contributed by atoms with Crippen molar-refractivity contribution in [2.24, 2.45) is 10.9 Å². The maximum absolute atomic E-state index is 12.2. The van der Waals surface area contributed by atoms with Gasteiger partial charge in [0.05, 0.1) is 12.1 Å². The van der Waals surface area contributed by atoms with Crippen LogP contribution in [0.5, 0.6) is 5.75 Å². The van der Waals surface area contributed by atoms with Crippen LogP contribution in [-0.2, 0) is 9.59 Å². The number of halogens is 1. The fourth-order valence-electron chi connectivity index (χ4n) is 2.16. The number of nitrogens with one attached hydrogen (secondary N) is 2. The number of ether oxygens (including phenoxy) is 1. The van der Waals surface area contributed by atoms with Crippen LogP contribution in [0.4, 0.5) is 5.69 Å². The lowest BCUT2D eigenvalue weighted by molar-refractivity contribution is -0.122. The zero-order valence-corrected chi connectivity index (χ0v) is 16.0. The number of rotatable bonds is 7. The summed E-state index contributed by atoms with van der Waals surface area (Å²) in [4.78, 5) is 28.5. The molecule has 1 atom stereocenters. The summed E-state index contributed by atoms with van der Waals surface area (Å²) < 4.78 is 5.07. The Morgan fingerprint density at radius 2 is 2.24 bits per heavy atom. The van der Waals surface area contributed by atoms with Gasteiger partial charge < -0.3 is 15.4 Å². The average Bonchev–Trinajstić information content (AvgIpc) is 2.87. The van der Waals surface area contributed by atoms with Crippen LogP contribution in [0.1, 0.15) is 26.7 Å². The molecular formula is C17H22ClN3O3S. The van der Waals surface area contributed by atoms with Crippen molar-refractivity contribution in [1.29, 1.82) is 0 Å². The Morgan fingerprint density at radius 1 is 1.48 bits per heavy atom. The first-order chi connectivity index (χ1) is 11.9. The maximum atomic E-state index is 12.2. The molecule has 0 aliphatic carbocycles. The Hall–Kier alpha value is -1.73. The van der Waals surface area contributed by atoms with Gasteiger partial charge in [-0.3, -0.25) is 14.6 Å². The molecule has 136 valence electrons. The minimum absolute atomic E-state index is 0.0728. The number of methoxy groups -OCH3 is 1. The molecule has 2 N–H and O–H groups in total. The Kier molecular flexibility index (Phi) is 7.13. The number of anilines is 1. The normalized spacial score (nSPS) is 18.5. The van der Waals surface area contributed by atoms with Crippen LogP contribution in [0.2, 0.25) is 5.02 Å². The lowest BCUT2D eigenvalue weighted by Crippen LogP contribution is -2.28. The first kappa shape index (κ1) is 19.6. The van der Waals surface area contributed by atoms with Gasteiger partial charge in [-0.25, -0.2) is 0 Å². The molecule has 1 aromatic rings. The molecule has 1 fully saturated rings. The van der Waals surface area contributed by atoms with Crippen molar-refractivity contribution in [3.05, 3.63) is 23.2 Å². The predicted octanol–water partition coefficient (Wildman–Crippen LogP) is 3.31. The number of hydrogen-bond acceptors (Lipinski definition) is 5. The van der Waals surface area contributed by atoms with Gasteiger partial charge in [0, 0.05) is 18.7 Å². The molecule has 25 heavy (non-hydrogen) atoms. The first-order valence-corrected chi connectivity index (χ1v) is 9.30. The molecule has 0 unspecified atom stereocenters. The lowest BCUT2D eigenvalue weighted by atomic mass is 10.1. The molecule has 0 spiro atoms. The van der Waals surface area contributed by atoms with Crippen LogP contribution in [0, 0.1) is 5.92 Å². The number of aliphatic imine (C=N–C) groups is 1. The lowest BCUT2D eigenvalue weighted by Gasteiger charge is -2.09. The Balaban J connectivity index is 1.88. The number of carbonyl (C=O) groups is 2. The molecule has 8 heteroatoms. The van der Waals surface area contributed by atoms with Gasteiger partial charge in [0.2, 0.25) is 11.8 Å². The van der Waals surface area contributed by atoms with Gasteiger partial charge in [-0.1, -0.05) is 37.2 Å². The van der Waals surface area contributed by atoms with Crippen molar-refractivity contribution < 1.29 is 14.3 Å². The Labute approximate surface area is 156 Å². The minimum atomic E-state index is -0.466. The van der Waals surface area contributed by atoms with Gasteiger partial charge in [0.1, 0.15) is 11.0 Å². The topological polar surface area (TPSA) is 79.8 Å². The van der Waals surface area contributed by atoms with E-state index in [0.717, 1.165) is 6.42 Å². The second-order valence-corrected chi connectivity index (χ2v) is 7.67. The Bertz CT molecular complexity index is 679. The molecule has 6 nitrogen and oxygen atoms in total. The quantitative estimate of drug-likeness (QED) is 0.757. The van der Waals surface area contributed by atoms with Crippen LogP contribution in [0.25, 0.3) is 0 Å². The number of hydrogen-bond donors (Lipinski definition) is 2. The first-order valence-electron chi connectivity index (χ1n) is 8.04. The van der Waals surface area contributed by atoms with E-state index >= 15 is 0 Å². The number of carbonyl (C=O) groups excluding carboxylic acids is 2. The second-order valence-electron chi connectivity index (χ2n) is 6.07. The SMILES string of the molecule is COc1ccc(NC(=O)C[C@H]2SC(=NCCC(C)C)NC2=O)cc1Cl. The molecule has 2 amide bonds. The van der Waals surface area contributed by atoms with Crippen LogP contribution in [0.3, 0.4) is 0 Å². The highest BCUT2D eigenvalue weighted by Gasteiger charge is 2.31. The molecule has 2 rings (SSSR count). The van der Waals surface area contributed by atoms with E-state index in [4.69, 9.17) is 16.3 Å². The predicted molar refractivity (Wildman–Crippen MR) is 103 cm³/mol. The van der Waals surface area contributed by atoms with E-state index in [9.17, 15) is 9.59 Å². The largest absolute Gasteiger partial charge is 0.495 e. The van der Waals surface area contributed by atoms with Crippen LogP contribution in [-0.4, -0.2) is 35.9 Å². The number of benzene rings is 1. The van der Waals surface area contributed by atoms with E-state index in [1.165, 1.54) is 18.9 Å². The van der Waals surface area contributed by atoms with Crippen molar-refractivity contribution in [3.8, 4) is 5.75 Å². The third kappa shape index (κ3) is 5.93. The molecule has 0 saturated carbocycles. The zero-order chi connectivity index (χ0) is 18.4. The van der Waals surface area contributed by atoms with E-state index in [-0.39, 0.29) is 18.2 Å². The van der Waals surface area contributed by atoms with E-state index < -0.39 is 5.25 Å². The van der Waals surface area contributed by atoms with Crippen LogP contribution >= 0.6 is 23.4 Å². The molecule has 0 radical (unpaired) electrons. The summed E-state index contributed by atoms with van der Waals surface area (Å²) in [5.74, 6) is 0.658. The van der Waals surface area contributed by atoms with Gasteiger partial charge in [-0.05, 0) is 30.5 Å². The average molecular weight is 384 g/mol. The number of thioether (sulfide) groups is 1. The summed E-state index contributed by atoms with van der Waals surface area (Å²) in [5.41, 5.74) is 0.560. The molecule has 1 saturated heterocycles. The van der Waals surface area contributed by atoms with Crippen LogP contribution in [0.15, 0.2) is 23.2 Å². The van der Waals surface area contributed by atoms with Gasteiger partial charge in [0.15, 0.2) is 5.17 Å². The van der Waals surface area contributed by atoms with Crippen molar-refractivity contribution in [3.63, 3.8) is 0 Å². The van der Waals surface area contributed by atoms with Crippen molar-refractivity contribution in [2.75, 3.05) is 19.0 Å². The third-order valence-corrected chi connectivity index (χ3v) is 4.96. The number of amidine groups is 1. The van der Waals surface area contributed by atoms with Crippen molar-refractivity contribution in [2.45, 2.75) is 31.9 Å². The van der Waals surface area contributed by atoms with Gasteiger partial charge >= 0.3 is 0 Å². The van der Waals surface area contributed by atoms with Gasteiger partial charge in [-0.2, -0.15) is 0 Å². The molecule has 0 aromatic heterocycles. The van der Waals surface area contributed by atoms with Gasteiger partial charge in [0.25, 0.3) is 0 Å². The summed E-state index contributed by atoms with van der Waals surface area (Å²) in [6.45, 7) is 4.92. The highest BCUT2D eigenvalue weighted by molar-refractivity contribution is 8.15. The molecule has 0 bridgehead atoms. The fourth-order valence-corrected chi connectivity index (χ4v) is 3.42.